The molecule has 0 atom stereocenters. The van der Waals surface area contributed by atoms with Gasteiger partial charge in [0.15, 0.2) is 0 Å². The molecule has 0 spiro atoms. The predicted molar refractivity (Wildman–Crippen MR) is 99.0 cm³/mol. The fourth-order valence-corrected chi connectivity index (χ4v) is 3.30. The Hall–Kier alpha value is -2.60. The minimum Gasteiger partial charge on any atom is -0.467 e. The van der Waals surface area contributed by atoms with Gasteiger partial charge < -0.3 is 19.5 Å². The molecule has 4 rings (SSSR count). The molecule has 0 radical (unpaired) electrons. The quantitative estimate of drug-likeness (QED) is 0.739. The maximum Gasteiger partial charge on any atom is 0.228 e. The summed E-state index contributed by atoms with van der Waals surface area (Å²) in [5, 5.41) is 4.45. The molecule has 2 N–H and O–H groups in total. The standard InChI is InChI=1S/C19H23N5O/c1-2-23-9-11-24(12-10-23)19-21-17-8-4-3-7-16(17)18(22-19)20-14-15-6-5-13-25-15/h3-8,13H,2,9-12,14H2,1H3,(H,20,21,22)/p+1. The maximum absolute atomic E-state index is 5.42. The van der Waals surface area contributed by atoms with Crippen LogP contribution >= 0.6 is 0 Å². The van der Waals surface area contributed by atoms with Crippen LogP contribution in [-0.4, -0.2) is 42.7 Å². The highest BCUT2D eigenvalue weighted by molar-refractivity contribution is 5.90. The van der Waals surface area contributed by atoms with E-state index >= 15 is 0 Å². The van der Waals surface area contributed by atoms with Gasteiger partial charge in [-0.05, 0) is 31.2 Å². The number of furan rings is 1. The van der Waals surface area contributed by atoms with Crippen molar-refractivity contribution in [3.8, 4) is 0 Å². The summed E-state index contributed by atoms with van der Waals surface area (Å²) in [7, 11) is 0. The molecule has 1 aliphatic rings. The van der Waals surface area contributed by atoms with Crippen molar-refractivity contribution < 1.29 is 9.32 Å². The molecule has 25 heavy (non-hydrogen) atoms. The lowest BCUT2D eigenvalue weighted by Crippen LogP contribution is -3.14. The van der Waals surface area contributed by atoms with Gasteiger partial charge in [0.2, 0.25) is 5.95 Å². The summed E-state index contributed by atoms with van der Waals surface area (Å²) in [4.78, 5) is 13.6. The molecule has 1 aliphatic heterocycles. The van der Waals surface area contributed by atoms with E-state index in [1.807, 2.05) is 30.3 Å². The Labute approximate surface area is 147 Å². The number of nitrogens with zero attached hydrogens (tertiary/aromatic N) is 3. The van der Waals surface area contributed by atoms with Crippen molar-refractivity contribution in [2.45, 2.75) is 13.5 Å². The molecular formula is C19H24N5O+. The smallest absolute Gasteiger partial charge is 0.228 e. The van der Waals surface area contributed by atoms with E-state index in [1.165, 1.54) is 6.54 Å². The lowest BCUT2D eigenvalue weighted by Gasteiger charge is -2.31. The minimum atomic E-state index is 0.612. The second kappa shape index (κ2) is 7.11. The van der Waals surface area contributed by atoms with Gasteiger partial charge in [0.25, 0.3) is 0 Å². The summed E-state index contributed by atoms with van der Waals surface area (Å²) in [5.41, 5.74) is 0.972. The molecule has 0 aliphatic carbocycles. The summed E-state index contributed by atoms with van der Waals surface area (Å²) in [6.45, 7) is 8.32. The van der Waals surface area contributed by atoms with Crippen molar-refractivity contribution in [1.29, 1.82) is 0 Å². The molecule has 1 fully saturated rings. The van der Waals surface area contributed by atoms with Crippen LogP contribution in [0, 0.1) is 0 Å². The van der Waals surface area contributed by atoms with E-state index in [2.05, 4.69) is 23.2 Å². The number of quaternary nitrogens is 1. The van der Waals surface area contributed by atoms with E-state index in [0.29, 0.717) is 6.54 Å². The Bertz CT molecular complexity index is 825. The van der Waals surface area contributed by atoms with Gasteiger partial charge in [0.1, 0.15) is 11.6 Å². The second-order valence-corrected chi connectivity index (χ2v) is 6.41. The normalized spacial score (nSPS) is 15.6. The zero-order valence-electron chi connectivity index (χ0n) is 14.5. The number of benzene rings is 1. The van der Waals surface area contributed by atoms with Crippen LogP contribution in [0.2, 0.25) is 0 Å². The number of piperazine rings is 1. The number of rotatable bonds is 5. The number of para-hydroxylation sites is 1. The van der Waals surface area contributed by atoms with Gasteiger partial charge in [-0.25, -0.2) is 4.98 Å². The highest BCUT2D eigenvalue weighted by atomic mass is 16.3. The van der Waals surface area contributed by atoms with E-state index in [4.69, 9.17) is 14.4 Å². The van der Waals surface area contributed by atoms with E-state index < -0.39 is 0 Å². The molecule has 3 aromatic rings. The number of aromatic nitrogens is 2. The zero-order valence-corrected chi connectivity index (χ0v) is 14.5. The molecule has 1 aromatic carbocycles. The van der Waals surface area contributed by atoms with Crippen LogP contribution in [0.4, 0.5) is 11.8 Å². The SMILES string of the molecule is CC[NH+]1CCN(c2nc(NCc3ccco3)c3ccccc3n2)CC1. The lowest BCUT2D eigenvalue weighted by molar-refractivity contribution is -0.898. The van der Waals surface area contributed by atoms with E-state index in [9.17, 15) is 0 Å². The monoisotopic (exact) mass is 338 g/mol. The summed E-state index contributed by atoms with van der Waals surface area (Å²) in [6.07, 6.45) is 1.69. The third-order valence-corrected chi connectivity index (χ3v) is 4.85. The van der Waals surface area contributed by atoms with Crippen molar-refractivity contribution >= 4 is 22.7 Å². The topological polar surface area (TPSA) is 58.6 Å². The summed E-state index contributed by atoms with van der Waals surface area (Å²) >= 11 is 0. The maximum atomic E-state index is 5.42. The third-order valence-electron chi connectivity index (χ3n) is 4.85. The van der Waals surface area contributed by atoms with Crippen LogP contribution in [0.5, 0.6) is 0 Å². The highest BCUT2D eigenvalue weighted by Gasteiger charge is 2.21. The van der Waals surface area contributed by atoms with Gasteiger partial charge in [0, 0.05) is 5.39 Å². The van der Waals surface area contributed by atoms with Gasteiger partial charge in [-0.3, -0.25) is 0 Å². The lowest BCUT2D eigenvalue weighted by atomic mass is 10.2. The minimum absolute atomic E-state index is 0.612. The number of hydrogen-bond donors (Lipinski definition) is 2. The first kappa shape index (κ1) is 15.9. The Morgan fingerprint density at radius 3 is 2.72 bits per heavy atom. The average molecular weight is 338 g/mol. The second-order valence-electron chi connectivity index (χ2n) is 6.41. The zero-order chi connectivity index (χ0) is 17.1. The molecule has 6 nitrogen and oxygen atoms in total. The number of likely N-dealkylation sites (N-methyl/N-ethyl adjacent to an activating group) is 1. The van der Waals surface area contributed by atoms with Gasteiger partial charge in [-0.15, -0.1) is 0 Å². The van der Waals surface area contributed by atoms with Crippen LogP contribution in [0.25, 0.3) is 10.9 Å². The number of hydrogen-bond acceptors (Lipinski definition) is 5. The van der Waals surface area contributed by atoms with Crippen molar-refractivity contribution in [1.82, 2.24) is 9.97 Å². The molecule has 2 aromatic heterocycles. The van der Waals surface area contributed by atoms with Crippen LogP contribution < -0.4 is 15.1 Å². The van der Waals surface area contributed by atoms with Crippen molar-refractivity contribution in [3.63, 3.8) is 0 Å². The number of fused-ring (bicyclic) bond motifs is 1. The molecule has 6 heteroatoms. The molecule has 1 saturated heterocycles. The Morgan fingerprint density at radius 1 is 1.12 bits per heavy atom. The summed E-state index contributed by atoms with van der Waals surface area (Å²) < 4.78 is 5.42. The van der Waals surface area contributed by atoms with Crippen LogP contribution in [-0.2, 0) is 6.54 Å². The average Bonchev–Trinajstić information content (AvgIpc) is 3.19. The van der Waals surface area contributed by atoms with Gasteiger partial charge in [-0.1, -0.05) is 12.1 Å². The first-order valence-corrected chi connectivity index (χ1v) is 8.95. The fraction of sp³-hybridized carbons (Fsp3) is 0.368. The highest BCUT2D eigenvalue weighted by Crippen LogP contribution is 2.24. The fourth-order valence-electron chi connectivity index (χ4n) is 3.30. The molecule has 0 unspecified atom stereocenters. The van der Waals surface area contributed by atoms with Crippen molar-refractivity contribution in [2.75, 3.05) is 42.9 Å². The molecule has 0 amide bonds. The first-order chi connectivity index (χ1) is 12.3. The van der Waals surface area contributed by atoms with Crippen molar-refractivity contribution in [2.24, 2.45) is 0 Å². The Balaban J connectivity index is 1.61. The van der Waals surface area contributed by atoms with Gasteiger partial charge >= 0.3 is 0 Å². The molecule has 130 valence electrons. The first-order valence-electron chi connectivity index (χ1n) is 8.95. The largest absolute Gasteiger partial charge is 0.467 e. The van der Waals surface area contributed by atoms with Crippen LogP contribution in [0.1, 0.15) is 12.7 Å². The van der Waals surface area contributed by atoms with Gasteiger partial charge in [0.05, 0.1) is 51.0 Å². The molecule has 3 heterocycles. The number of nitrogens with one attached hydrogen (secondary N) is 2. The third kappa shape index (κ3) is 3.44. The predicted octanol–water partition coefficient (Wildman–Crippen LogP) is 1.56. The summed E-state index contributed by atoms with van der Waals surface area (Å²) in [6, 6.07) is 12.0. The Morgan fingerprint density at radius 2 is 1.96 bits per heavy atom. The van der Waals surface area contributed by atoms with Crippen LogP contribution in [0.15, 0.2) is 47.1 Å². The van der Waals surface area contributed by atoms with Gasteiger partial charge in [-0.2, -0.15) is 4.98 Å². The van der Waals surface area contributed by atoms with Crippen LogP contribution in [0.3, 0.4) is 0 Å². The Kier molecular flexibility index (Phi) is 4.52. The summed E-state index contributed by atoms with van der Waals surface area (Å²) in [5.74, 6) is 2.57. The molecular weight excluding hydrogens is 314 g/mol. The van der Waals surface area contributed by atoms with E-state index in [-0.39, 0.29) is 0 Å². The molecule has 0 saturated carbocycles. The number of anilines is 2. The molecule has 0 bridgehead atoms. The van der Waals surface area contributed by atoms with E-state index in [0.717, 1.165) is 54.6 Å². The van der Waals surface area contributed by atoms with E-state index in [1.54, 1.807) is 11.2 Å². The van der Waals surface area contributed by atoms with Crippen molar-refractivity contribution in [3.05, 3.63) is 48.4 Å².